The van der Waals surface area contributed by atoms with Gasteiger partial charge in [0.25, 0.3) is 0 Å². The van der Waals surface area contributed by atoms with Gasteiger partial charge in [-0.05, 0) is 32.4 Å². The molecule has 0 bridgehead atoms. The third kappa shape index (κ3) is 4.10. The van der Waals surface area contributed by atoms with Crippen molar-refractivity contribution in [2.24, 2.45) is 5.92 Å². The number of carbonyl (C=O) groups excluding carboxylic acids is 1. The smallest absolute Gasteiger partial charge is 0.234 e. The monoisotopic (exact) mass is 227 g/mol. The highest BCUT2D eigenvalue weighted by molar-refractivity contribution is 5.77. The van der Waals surface area contributed by atoms with Crippen molar-refractivity contribution in [2.45, 2.75) is 33.2 Å². The van der Waals surface area contributed by atoms with E-state index in [2.05, 4.69) is 29.4 Å². The molecule has 2 atom stereocenters. The fraction of sp³-hybridized carbons (Fsp3) is 0.917. The van der Waals surface area contributed by atoms with Gasteiger partial charge in [0.15, 0.2) is 0 Å². The molecular weight excluding hydrogens is 202 g/mol. The summed E-state index contributed by atoms with van der Waals surface area (Å²) in [6, 6.07) is 0.511. The van der Waals surface area contributed by atoms with Crippen molar-refractivity contribution in [3.05, 3.63) is 0 Å². The molecule has 4 nitrogen and oxygen atoms in total. The Bertz CT molecular complexity index is 220. The predicted molar refractivity (Wildman–Crippen MR) is 66.4 cm³/mol. The summed E-state index contributed by atoms with van der Waals surface area (Å²) in [6.07, 6.45) is 1.19. The number of rotatable bonds is 5. The van der Waals surface area contributed by atoms with Crippen molar-refractivity contribution in [1.82, 2.24) is 15.5 Å². The molecule has 0 saturated carbocycles. The standard InChI is InChI=1S/C12H25N3O/c1-4-14-12(16)9-15(5-2)11-6-10(3)7-13-8-11/h10-11,13H,4-9H2,1-3H3,(H,14,16). The van der Waals surface area contributed by atoms with Crippen LogP contribution in [0.25, 0.3) is 0 Å². The maximum absolute atomic E-state index is 11.6. The number of likely N-dealkylation sites (N-methyl/N-ethyl adjacent to an activating group) is 2. The molecule has 0 spiro atoms. The average molecular weight is 227 g/mol. The molecule has 0 aromatic carbocycles. The minimum atomic E-state index is 0.141. The van der Waals surface area contributed by atoms with Crippen LogP contribution >= 0.6 is 0 Å². The molecule has 2 N–H and O–H groups in total. The molecule has 4 heteroatoms. The third-order valence-corrected chi connectivity index (χ3v) is 3.19. The van der Waals surface area contributed by atoms with E-state index in [1.165, 1.54) is 6.42 Å². The molecule has 94 valence electrons. The van der Waals surface area contributed by atoms with E-state index < -0.39 is 0 Å². The van der Waals surface area contributed by atoms with Crippen molar-refractivity contribution in [2.75, 3.05) is 32.7 Å². The largest absolute Gasteiger partial charge is 0.355 e. The SMILES string of the molecule is CCNC(=O)CN(CC)C1CNCC(C)C1. The van der Waals surface area contributed by atoms with Crippen LogP contribution in [0.5, 0.6) is 0 Å². The second-order valence-electron chi connectivity index (χ2n) is 4.67. The van der Waals surface area contributed by atoms with Crippen LogP contribution in [0, 0.1) is 5.92 Å². The molecule has 1 saturated heterocycles. The quantitative estimate of drug-likeness (QED) is 0.716. The van der Waals surface area contributed by atoms with Crippen molar-refractivity contribution in [3.63, 3.8) is 0 Å². The van der Waals surface area contributed by atoms with Gasteiger partial charge in [-0.25, -0.2) is 0 Å². The molecule has 1 aliphatic heterocycles. The van der Waals surface area contributed by atoms with Gasteiger partial charge in [0.2, 0.25) is 5.91 Å². The van der Waals surface area contributed by atoms with Crippen LogP contribution in [0.15, 0.2) is 0 Å². The van der Waals surface area contributed by atoms with E-state index in [0.29, 0.717) is 18.5 Å². The zero-order valence-electron chi connectivity index (χ0n) is 10.8. The minimum Gasteiger partial charge on any atom is -0.355 e. The Hall–Kier alpha value is -0.610. The van der Waals surface area contributed by atoms with Gasteiger partial charge in [-0.3, -0.25) is 9.69 Å². The van der Waals surface area contributed by atoms with Gasteiger partial charge in [0.1, 0.15) is 0 Å². The molecule has 1 heterocycles. The van der Waals surface area contributed by atoms with Crippen LogP contribution in [0.3, 0.4) is 0 Å². The van der Waals surface area contributed by atoms with Crippen molar-refractivity contribution in [1.29, 1.82) is 0 Å². The number of nitrogens with zero attached hydrogens (tertiary/aromatic N) is 1. The maximum atomic E-state index is 11.6. The number of hydrogen-bond donors (Lipinski definition) is 2. The Kier molecular flexibility index (Phi) is 5.77. The van der Waals surface area contributed by atoms with Crippen LogP contribution < -0.4 is 10.6 Å². The lowest BCUT2D eigenvalue weighted by molar-refractivity contribution is -0.122. The zero-order chi connectivity index (χ0) is 12.0. The first kappa shape index (κ1) is 13.5. The van der Waals surface area contributed by atoms with Crippen LogP contribution in [0.2, 0.25) is 0 Å². The summed E-state index contributed by atoms with van der Waals surface area (Å²) in [7, 11) is 0. The molecule has 0 aromatic heterocycles. The van der Waals surface area contributed by atoms with E-state index in [4.69, 9.17) is 0 Å². The van der Waals surface area contributed by atoms with Gasteiger partial charge >= 0.3 is 0 Å². The molecule has 0 radical (unpaired) electrons. The van der Waals surface area contributed by atoms with Gasteiger partial charge in [-0.1, -0.05) is 13.8 Å². The van der Waals surface area contributed by atoms with Crippen molar-refractivity contribution < 1.29 is 4.79 Å². The molecule has 1 amide bonds. The van der Waals surface area contributed by atoms with E-state index in [9.17, 15) is 4.79 Å². The lowest BCUT2D eigenvalue weighted by Crippen LogP contribution is -2.51. The van der Waals surface area contributed by atoms with Crippen LogP contribution in [0.1, 0.15) is 27.2 Å². The highest BCUT2D eigenvalue weighted by atomic mass is 16.2. The highest BCUT2D eigenvalue weighted by Crippen LogP contribution is 2.14. The lowest BCUT2D eigenvalue weighted by atomic mass is 9.96. The summed E-state index contributed by atoms with van der Waals surface area (Å²) in [5, 5.41) is 6.29. The first-order valence-electron chi connectivity index (χ1n) is 6.38. The lowest BCUT2D eigenvalue weighted by Gasteiger charge is -2.36. The fourth-order valence-electron chi connectivity index (χ4n) is 2.34. The molecule has 2 unspecified atom stereocenters. The average Bonchev–Trinajstić information content (AvgIpc) is 2.26. The van der Waals surface area contributed by atoms with Gasteiger partial charge in [-0.15, -0.1) is 0 Å². The fourth-order valence-corrected chi connectivity index (χ4v) is 2.34. The summed E-state index contributed by atoms with van der Waals surface area (Å²) in [5.74, 6) is 0.851. The van der Waals surface area contributed by atoms with Crippen LogP contribution in [-0.4, -0.2) is 49.6 Å². The molecule has 1 fully saturated rings. The second kappa shape index (κ2) is 6.86. The zero-order valence-corrected chi connectivity index (χ0v) is 10.8. The van der Waals surface area contributed by atoms with E-state index >= 15 is 0 Å². The first-order chi connectivity index (χ1) is 7.67. The number of piperidine rings is 1. The molecule has 1 aliphatic rings. The number of hydrogen-bond acceptors (Lipinski definition) is 3. The van der Waals surface area contributed by atoms with Gasteiger partial charge in [0.05, 0.1) is 6.54 Å². The Morgan fingerprint density at radius 3 is 2.75 bits per heavy atom. The summed E-state index contributed by atoms with van der Waals surface area (Å²) in [6.45, 7) is 10.7. The molecule has 1 rings (SSSR count). The minimum absolute atomic E-state index is 0.141. The van der Waals surface area contributed by atoms with Crippen molar-refractivity contribution >= 4 is 5.91 Å². The highest BCUT2D eigenvalue weighted by Gasteiger charge is 2.24. The van der Waals surface area contributed by atoms with Gasteiger partial charge in [-0.2, -0.15) is 0 Å². The maximum Gasteiger partial charge on any atom is 0.234 e. The third-order valence-electron chi connectivity index (χ3n) is 3.19. The second-order valence-corrected chi connectivity index (χ2v) is 4.67. The van der Waals surface area contributed by atoms with Gasteiger partial charge < -0.3 is 10.6 Å². The Balaban J connectivity index is 2.43. The Morgan fingerprint density at radius 1 is 1.44 bits per heavy atom. The Labute approximate surface area is 98.8 Å². The Morgan fingerprint density at radius 2 is 2.19 bits per heavy atom. The van der Waals surface area contributed by atoms with Crippen LogP contribution in [-0.2, 0) is 4.79 Å². The molecule has 0 aliphatic carbocycles. The van der Waals surface area contributed by atoms with Crippen LogP contribution in [0.4, 0.5) is 0 Å². The summed E-state index contributed by atoms with van der Waals surface area (Å²) < 4.78 is 0. The normalized spacial score (nSPS) is 25.8. The summed E-state index contributed by atoms with van der Waals surface area (Å²) in [5.41, 5.74) is 0. The van der Waals surface area contributed by atoms with E-state index in [1.54, 1.807) is 0 Å². The summed E-state index contributed by atoms with van der Waals surface area (Å²) in [4.78, 5) is 13.8. The summed E-state index contributed by atoms with van der Waals surface area (Å²) >= 11 is 0. The van der Waals surface area contributed by atoms with Crippen molar-refractivity contribution in [3.8, 4) is 0 Å². The first-order valence-corrected chi connectivity index (χ1v) is 6.38. The number of amides is 1. The topological polar surface area (TPSA) is 44.4 Å². The van der Waals surface area contributed by atoms with E-state index in [0.717, 1.165) is 26.2 Å². The van der Waals surface area contributed by atoms with E-state index in [-0.39, 0.29) is 5.91 Å². The number of carbonyl (C=O) groups is 1. The van der Waals surface area contributed by atoms with Gasteiger partial charge in [0, 0.05) is 19.1 Å². The van der Waals surface area contributed by atoms with E-state index in [1.807, 2.05) is 6.92 Å². The molecule has 0 aromatic rings. The predicted octanol–water partition coefficient (Wildman–Crippen LogP) is 0.442. The molecule has 16 heavy (non-hydrogen) atoms. The number of nitrogens with one attached hydrogen (secondary N) is 2. The molecular formula is C12H25N3O.